The van der Waals surface area contributed by atoms with Crippen molar-refractivity contribution in [3.63, 3.8) is 0 Å². The summed E-state index contributed by atoms with van der Waals surface area (Å²) in [7, 11) is 4.48. The zero-order valence-corrected chi connectivity index (χ0v) is 14.9. The van der Waals surface area contributed by atoms with Crippen LogP contribution < -0.4 is 14.2 Å². The van der Waals surface area contributed by atoms with E-state index in [0.29, 0.717) is 33.3 Å². The molecule has 3 aromatic rings. The normalized spacial score (nSPS) is 12.6. The third kappa shape index (κ3) is 2.15. The molecule has 0 unspecified atom stereocenters. The van der Waals surface area contributed by atoms with Crippen molar-refractivity contribution in [3.8, 4) is 28.5 Å². The largest absolute Gasteiger partial charge is 0.493 e. The van der Waals surface area contributed by atoms with E-state index in [-0.39, 0.29) is 28.6 Å². The smallest absolute Gasteiger partial charge is 0.233 e. The number of rotatable bonds is 4. The first-order chi connectivity index (χ1) is 12.6. The van der Waals surface area contributed by atoms with Crippen molar-refractivity contribution in [3.05, 3.63) is 45.3 Å². The fraction of sp³-hybridized carbons (Fsp3) is 0.167. The second-order valence-corrected chi connectivity index (χ2v) is 6.39. The molecule has 0 spiro atoms. The molecule has 1 aliphatic rings. The zero-order chi connectivity index (χ0) is 18.4. The molecule has 0 atom stereocenters. The highest BCUT2D eigenvalue weighted by atomic mass is 32.1. The van der Waals surface area contributed by atoms with Crippen molar-refractivity contribution in [1.29, 1.82) is 0 Å². The topological polar surface area (TPSA) is 87.9 Å². The van der Waals surface area contributed by atoms with Gasteiger partial charge in [0.15, 0.2) is 11.5 Å². The standard InChI is InChI=1S/C18H13NO6S/c1-22-10-6-8(7-11(23-2)16(10)24-3)13-12-15(21)18-9(4-5-26-18)14(20)17(12)25-19-13/h4-7H,1-3H3. The van der Waals surface area contributed by atoms with Crippen LogP contribution in [0.25, 0.3) is 11.3 Å². The van der Waals surface area contributed by atoms with Crippen LogP contribution in [0.15, 0.2) is 28.1 Å². The number of thiophene rings is 1. The van der Waals surface area contributed by atoms with Crippen molar-refractivity contribution in [2.45, 2.75) is 0 Å². The quantitative estimate of drug-likeness (QED) is 0.544. The van der Waals surface area contributed by atoms with Gasteiger partial charge in [-0.2, -0.15) is 0 Å². The highest BCUT2D eigenvalue weighted by Crippen LogP contribution is 2.43. The average molecular weight is 371 g/mol. The number of ether oxygens (including phenoxy) is 3. The van der Waals surface area contributed by atoms with Gasteiger partial charge in [-0.3, -0.25) is 9.59 Å². The van der Waals surface area contributed by atoms with E-state index in [1.807, 2.05) is 0 Å². The number of aromatic nitrogens is 1. The molecule has 132 valence electrons. The van der Waals surface area contributed by atoms with Gasteiger partial charge in [-0.15, -0.1) is 11.3 Å². The lowest BCUT2D eigenvalue weighted by molar-refractivity contribution is 0.0958. The van der Waals surface area contributed by atoms with Crippen LogP contribution in [0, 0.1) is 0 Å². The van der Waals surface area contributed by atoms with Crippen molar-refractivity contribution in [2.24, 2.45) is 0 Å². The summed E-state index contributed by atoms with van der Waals surface area (Å²) in [5, 5.41) is 5.68. The highest BCUT2D eigenvalue weighted by Gasteiger charge is 2.38. The van der Waals surface area contributed by atoms with E-state index < -0.39 is 0 Å². The molecule has 7 nitrogen and oxygen atoms in total. The first-order valence-corrected chi connectivity index (χ1v) is 8.45. The number of carbonyl (C=O) groups is 2. The second-order valence-electron chi connectivity index (χ2n) is 5.47. The van der Waals surface area contributed by atoms with Gasteiger partial charge < -0.3 is 18.7 Å². The Balaban J connectivity index is 1.93. The zero-order valence-electron chi connectivity index (χ0n) is 14.1. The molecule has 1 aromatic carbocycles. The molecule has 0 bridgehead atoms. The molecule has 0 amide bonds. The summed E-state index contributed by atoms with van der Waals surface area (Å²) < 4.78 is 21.2. The Kier molecular flexibility index (Phi) is 3.77. The predicted molar refractivity (Wildman–Crippen MR) is 92.8 cm³/mol. The van der Waals surface area contributed by atoms with E-state index in [9.17, 15) is 9.59 Å². The van der Waals surface area contributed by atoms with E-state index >= 15 is 0 Å². The van der Waals surface area contributed by atoms with Crippen LogP contribution in [0.5, 0.6) is 17.2 Å². The minimum atomic E-state index is -0.345. The fourth-order valence-corrected chi connectivity index (χ4v) is 3.81. The second kappa shape index (κ2) is 5.99. The Bertz CT molecular complexity index is 1020. The van der Waals surface area contributed by atoms with Crippen LogP contribution in [0.3, 0.4) is 0 Å². The van der Waals surface area contributed by atoms with E-state index in [0.717, 1.165) is 0 Å². The van der Waals surface area contributed by atoms with Gasteiger partial charge in [-0.05, 0) is 23.6 Å². The van der Waals surface area contributed by atoms with Gasteiger partial charge in [-0.25, -0.2) is 0 Å². The predicted octanol–water partition coefficient (Wildman–Crippen LogP) is 3.20. The number of hydrogen-bond acceptors (Lipinski definition) is 8. The molecule has 0 fully saturated rings. The lowest BCUT2D eigenvalue weighted by atomic mass is 9.91. The Morgan fingerprint density at radius 2 is 1.69 bits per heavy atom. The van der Waals surface area contributed by atoms with Gasteiger partial charge in [0.2, 0.25) is 23.1 Å². The molecule has 0 saturated carbocycles. The minimum absolute atomic E-state index is 0.0512. The van der Waals surface area contributed by atoms with Crippen molar-refractivity contribution in [2.75, 3.05) is 21.3 Å². The lowest BCUT2D eigenvalue weighted by Crippen LogP contribution is -2.17. The highest BCUT2D eigenvalue weighted by molar-refractivity contribution is 7.12. The van der Waals surface area contributed by atoms with Crippen LogP contribution in [0.1, 0.15) is 31.4 Å². The summed E-state index contributed by atoms with van der Waals surface area (Å²) in [5.41, 5.74) is 1.28. The first kappa shape index (κ1) is 16.3. The summed E-state index contributed by atoms with van der Waals surface area (Å²) in [6.45, 7) is 0. The van der Waals surface area contributed by atoms with E-state index in [4.69, 9.17) is 18.7 Å². The third-order valence-electron chi connectivity index (χ3n) is 4.18. The Hall–Kier alpha value is -3.13. The summed E-state index contributed by atoms with van der Waals surface area (Å²) in [5.74, 6) is 0.551. The van der Waals surface area contributed by atoms with Gasteiger partial charge >= 0.3 is 0 Å². The number of nitrogens with zero attached hydrogens (tertiary/aromatic N) is 1. The van der Waals surface area contributed by atoms with Gasteiger partial charge in [0.1, 0.15) is 11.3 Å². The summed E-state index contributed by atoms with van der Waals surface area (Å²) in [4.78, 5) is 25.8. The number of methoxy groups -OCH3 is 3. The number of carbonyl (C=O) groups excluding carboxylic acids is 2. The van der Waals surface area contributed by atoms with Crippen molar-refractivity contribution < 1.29 is 28.3 Å². The number of ketones is 2. The van der Waals surface area contributed by atoms with Crippen molar-refractivity contribution >= 4 is 22.9 Å². The molecule has 2 aromatic heterocycles. The van der Waals surface area contributed by atoms with Crippen LogP contribution in [0.4, 0.5) is 0 Å². The molecule has 1 aliphatic carbocycles. The molecule has 0 saturated heterocycles. The van der Waals surface area contributed by atoms with E-state index in [1.165, 1.54) is 32.7 Å². The molecule has 0 radical (unpaired) electrons. The first-order valence-electron chi connectivity index (χ1n) is 7.57. The molecular formula is C18H13NO6S. The Morgan fingerprint density at radius 1 is 1.00 bits per heavy atom. The van der Waals surface area contributed by atoms with Gasteiger partial charge in [0.05, 0.1) is 26.2 Å². The number of benzene rings is 1. The van der Waals surface area contributed by atoms with E-state index in [1.54, 1.807) is 23.6 Å². The summed E-state index contributed by atoms with van der Waals surface area (Å²) in [6, 6.07) is 4.92. The minimum Gasteiger partial charge on any atom is -0.493 e. The molecule has 26 heavy (non-hydrogen) atoms. The Morgan fingerprint density at radius 3 is 2.31 bits per heavy atom. The van der Waals surface area contributed by atoms with Crippen LogP contribution >= 0.6 is 11.3 Å². The van der Waals surface area contributed by atoms with E-state index in [2.05, 4.69) is 5.16 Å². The molecule has 0 N–H and O–H groups in total. The Labute approximate surface area is 152 Å². The van der Waals surface area contributed by atoms with Gasteiger partial charge in [0, 0.05) is 11.1 Å². The van der Waals surface area contributed by atoms with Gasteiger partial charge in [-0.1, -0.05) is 5.16 Å². The summed E-state index contributed by atoms with van der Waals surface area (Å²) >= 11 is 1.22. The van der Waals surface area contributed by atoms with Crippen LogP contribution in [-0.4, -0.2) is 38.1 Å². The SMILES string of the molecule is COc1cc(-c2noc3c2C(=O)c2sccc2C3=O)cc(OC)c1OC. The molecule has 4 rings (SSSR count). The monoisotopic (exact) mass is 371 g/mol. The maximum Gasteiger partial charge on any atom is 0.233 e. The fourth-order valence-electron chi connectivity index (χ4n) is 2.97. The molecule has 2 heterocycles. The summed E-state index contributed by atoms with van der Waals surface area (Å²) in [6.07, 6.45) is 0. The molecular weight excluding hydrogens is 358 g/mol. The average Bonchev–Trinajstić information content (AvgIpc) is 3.32. The molecule has 0 aliphatic heterocycles. The third-order valence-corrected chi connectivity index (χ3v) is 5.09. The molecule has 8 heteroatoms. The van der Waals surface area contributed by atoms with Crippen LogP contribution in [-0.2, 0) is 0 Å². The maximum atomic E-state index is 12.9. The van der Waals surface area contributed by atoms with Crippen LogP contribution in [0.2, 0.25) is 0 Å². The number of hydrogen-bond donors (Lipinski definition) is 0. The van der Waals surface area contributed by atoms with Crippen molar-refractivity contribution in [1.82, 2.24) is 5.16 Å². The van der Waals surface area contributed by atoms with Gasteiger partial charge in [0.25, 0.3) is 0 Å². The maximum absolute atomic E-state index is 12.9. The lowest BCUT2D eigenvalue weighted by Gasteiger charge is -2.14. The number of fused-ring (bicyclic) bond motifs is 2.